The van der Waals surface area contributed by atoms with Gasteiger partial charge < -0.3 is 4.74 Å². The third-order valence-electron chi connectivity index (χ3n) is 4.06. The van der Waals surface area contributed by atoms with Crippen LogP contribution in [0.15, 0.2) is 12.4 Å². The van der Waals surface area contributed by atoms with E-state index in [0.717, 1.165) is 38.6 Å². The summed E-state index contributed by atoms with van der Waals surface area (Å²) in [6.45, 7) is 2.96. The number of carbonyl (C=O) groups is 1. The number of aromatic nitrogens is 2. The van der Waals surface area contributed by atoms with Gasteiger partial charge in [-0.15, -0.1) is 0 Å². The molecule has 0 saturated heterocycles. The highest BCUT2D eigenvalue weighted by Gasteiger charge is 2.39. The molecule has 1 heterocycles. The van der Waals surface area contributed by atoms with Crippen molar-refractivity contribution in [3.63, 3.8) is 0 Å². The first kappa shape index (κ1) is 14.3. The van der Waals surface area contributed by atoms with E-state index in [0.29, 0.717) is 5.56 Å². The zero-order chi connectivity index (χ0) is 13.7. The first-order valence-corrected chi connectivity index (χ1v) is 7.34. The average molecular weight is 264 g/mol. The molecule has 106 valence electrons. The Hall–Kier alpha value is -1.16. The fourth-order valence-electron chi connectivity index (χ4n) is 2.92. The summed E-state index contributed by atoms with van der Waals surface area (Å²) in [6.07, 6.45) is 10.8. The minimum absolute atomic E-state index is 0.110. The van der Waals surface area contributed by atoms with Gasteiger partial charge in [0.05, 0.1) is 11.8 Å². The lowest BCUT2D eigenvalue weighted by atomic mass is 9.87. The van der Waals surface area contributed by atoms with Gasteiger partial charge in [-0.2, -0.15) is 5.10 Å². The largest absolute Gasteiger partial charge is 0.370 e. The Kier molecular flexibility index (Phi) is 4.75. The van der Waals surface area contributed by atoms with E-state index >= 15 is 0 Å². The molecule has 1 aromatic rings. The second-order valence-electron chi connectivity index (χ2n) is 5.43. The molecule has 0 N–H and O–H groups in total. The Balaban J connectivity index is 2.18. The molecule has 1 aliphatic carbocycles. The normalized spacial score (nSPS) is 19.1. The van der Waals surface area contributed by atoms with E-state index in [1.165, 1.54) is 12.8 Å². The monoisotopic (exact) mass is 264 g/mol. The molecule has 0 amide bonds. The Morgan fingerprint density at radius 3 is 2.63 bits per heavy atom. The molecule has 1 fully saturated rings. The van der Waals surface area contributed by atoms with Gasteiger partial charge in [-0.1, -0.05) is 32.6 Å². The summed E-state index contributed by atoms with van der Waals surface area (Å²) in [5.74, 6) is 0.110. The smallest absolute Gasteiger partial charge is 0.197 e. The van der Waals surface area contributed by atoms with Gasteiger partial charge in [0.1, 0.15) is 5.60 Å². The molecular weight excluding hydrogens is 240 g/mol. The molecular formula is C15H24N2O2. The fraction of sp³-hybridized carbons (Fsp3) is 0.733. The van der Waals surface area contributed by atoms with Crippen molar-refractivity contribution in [1.29, 1.82) is 0 Å². The third-order valence-corrected chi connectivity index (χ3v) is 4.06. The van der Waals surface area contributed by atoms with Crippen molar-refractivity contribution in [2.75, 3.05) is 7.11 Å². The number of methoxy groups -OCH3 is 1. The van der Waals surface area contributed by atoms with Gasteiger partial charge in [-0.3, -0.25) is 9.48 Å². The molecule has 4 nitrogen and oxygen atoms in total. The predicted octanol–water partition coefficient (Wildman–Crippen LogP) is 3.22. The van der Waals surface area contributed by atoms with Crippen molar-refractivity contribution >= 4 is 5.78 Å². The number of Topliss-reactive ketones (excluding diaryl/α,β-unsaturated/α-hetero) is 1. The highest BCUT2D eigenvalue weighted by Crippen LogP contribution is 2.33. The lowest BCUT2D eigenvalue weighted by molar-refractivity contribution is -0.00692. The van der Waals surface area contributed by atoms with E-state index in [1.807, 2.05) is 10.9 Å². The maximum atomic E-state index is 12.7. The SMILES string of the molecule is CCCn1cc(C(=O)C2(OC)CCCCCC2)cn1. The van der Waals surface area contributed by atoms with Crippen LogP contribution in [0, 0.1) is 0 Å². The van der Waals surface area contributed by atoms with Crippen LogP contribution in [-0.4, -0.2) is 28.3 Å². The van der Waals surface area contributed by atoms with Crippen LogP contribution < -0.4 is 0 Å². The molecule has 1 aromatic heterocycles. The summed E-state index contributed by atoms with van der Waals surface area (Å²) in [4.78, 5) is 12.7. The molecule has 1 saturated carbocycles. The number of hydrogen-bond donors (Lipinski definition) is 0. The van der Waals surface area contributed by atoms with Crippen molar-refractivity contribution in [1.82, 2.24) is 9.78 Å². The third kappa shape index (κ3) is 3.06. The van der Waals surface area contributed by atoms with Crippen LogP contribution in [0.3, 0.4) is 0 Å². The molecule has 0 bridgehead atoms. The molecule has 0 radical (unpaired) electrons. The molecule has 0 unspecified atom stereocenters. The van der Waals surface area contributed by atoms with E-state index in [-0.39, 0.29) is 5.78 Å². The van der Waals surface area contributed by atoms with Gasteiger partial charge in [-0.05, 0) is 19.3 Å². The number of rotatable bonds is 5. The standard InChI is InChI=1S/C15H24N2O2/c1-3-10-17-12-13(11-16-17)14(18)15(19-2)8-6-4-5-7-9-15/h11-12H,3-10H2,1-2H3. The van der Waals surface area contributed by atoms with Crippen molar-refractivity contribution in [2.24, 2.45) is 0 Å². The van der Waals surface area contributed by atoms with Gasteiger partial charge in [-0.25, -0.2) is 0 Å². The van der Waals surface area contributed by atoms with Crippen LogP contribution in [0.1, 0.15) is 62.2 Å². The predicted molar refractivity (Wildman–Crippen MR) is 74.3 cm³/mol. The minimum Gasteiger partial charge on any atom is -0.370 e. The molecule has 1 aliphatic rings. The van der Waals surface area contributed by atoms with E-state index in [2.05, 4.69) is 12.0 Å². The van der Waals surface area contributed by atoms with Crippen LogP contribution in [0.25, 0.3) is 0 Å². The molecule has 4 heteroatoms. The van der Waals surface area contributed by atoms with E-state index in [9.17, 15) is 4.79 Å². The van der Waals surface area contributed by atoms with Crippen LogP contribution in [0.4, 0.5) is 0 Å². The summed E-state index contributed by atoms with van der Waals surface area (Å²) in [5.41, 5.74) is 0.0773. The number of aryl methyl sites for hydroxylation is 1. The van der Waals surface area contributed by atoms with E-state index in [4.69, 9.17) is 4.74 Å². The second-order valence-corrected chi connectivity index (χ2v) is 5.43. The number of hydrogen-bond acceptors (Lipinski definition) is 3. The molecule has 0 spiro atoms. The fourth-order valence-corrected chi connectivity index (χ4v) is 2.92. The molecule has 19 heavy (non-hydrogen) atoms. The van der Waals surface area contributed by atoms with Gasteiger partial charge in [0.25, 0.3) is 0 Å². The van der Waals surface area contributed by atoms with Crippen LogP contribution in [0.2, 0.25) is 0 Å². The van der Waals surface area contributed by atoms with Crippen molar-refractivity contribution in [3.8, 4) is 0 Å². The average Bonchev–Trinajstić information content (AvgIpc) is 2.75. The lowest BCUT2D eigenvalue weighted by Crippen LogP contribution is -2.40. The maximum Gasteiger partial charge on any atom is 0.197 e. The van der Waals surface area contributed by atoms with Gasteiger partial charge in [0, 0.05) is 19.9 Å². The topological polar surface area (TPSA) is 44.1 Å². The first-order valence-electron chi connectivity index (χ1n) is 7.34. The molecule has 0 atom stereocenters. The first-order chi connectivity index (χ1) is 9.22. The quantitative estimate of drug-likeness (QED) is 0.606. The Labute approximate surface area is 115 Å². The number of nitrogens with zero attached hydrogens (tertiary/aromatic N) is 2. The number of carbonyl (C=O) groups excluding carboxylic acids is 1. The Morgan fingerprint density at radius 1 is 1.37 bits per heavy atom. The minimum atomic E-state index is -0.615. The summed E-state index contributed by atoms with van der Waals surface area (Å²) in [5, 5.41) is 4.25. The summed E-state index contributed by atoms with van der Waals surface area (Å²) in [7, 11) is 1.67. The number of ketones is 1. The highest BCUT2D eigenvalue weighted by molar-refractivity contribution is 6.02. The van der Waals surface area contributed by atoms with E-state index in [1.54, 1.807) is 13.3 Å². The van der Waals surface area contributed by atoms with E-state index < -0.39 is 5.60 Å². The van der Waals surface area contributed by atoms with Crippen LogP contribution in [-0.2, 0) is 11.3 Å². The zero-order valence-corrected chi connectivity index (χ0v) is 12.0. The van der Waals surface area contributed by atoms with Crippen molar-refractivity contribution < 1.29 is 9.53 Å². The van der Waals surface area contributed by atoms with Crippen LogP contribution >= 0.6 is 0 Å². The van der Waals surface area contributed by atoms with Crippen molar-refractivity contribution in [3.05, 3.63) is 18.0 Å². The summed E-state index contributed by atoms with van der Waals surface area (Å²) < 4.78 is 7.50. The molecule has 2 rings (SSSR count). The molecule has 0 aromatic carbocycles. The summed E-state index contributed by atoms with van der Waals surface area (Å²) in [6, 6.07) is 0. The Morgan fingerprint density at radius 2 is 2.05 bits per heavy atom. The highest BCUT2D eigenvalue weighted by atomic mass is 16.5. The second kappa shape index (κ2) is 6.33. The van der Waals surface area contributed by atoms with Gasteiger partial charge in [0.15, 0.2) is 5.78 Å². The van der Waals surface area contributed by atoms with Gasteiger partial charge in [0.2, 0.25) is 0 Å². The Bertz CT molecular complexity index is 418. The zero-order valence-electron chi connectivity index (χ0n) is 12.0. The van der Waals surface area contributed by atoms with Crippen LogP contribution in [0.5, 0.6) is 0 Å². The lowest BCUT2D eigenvalue weighted by Gasteiger charge is -2.29. The molecule has 0 aliphatic heterocycles. The van der Waals surface area contributed by atoms with Gasteiger partial charge >= 0.3 is 0 Å². The maximum absolute atomic E-state index is 12.7. The summed E-state index contributed by atoms with van der Waals surface area (Å²) >= 11 is 0. The van der Waals surface area contributed by atoms with Crippen molar-refractivity contribution in [2.45, 2.75) is 64.0 Å². The number of ether oxygens (including phenoxy) is 1.